The molecule has 0 aromatic carbocycles. The summed E-state index contributed by atoms with van der Waals surface area (Å²) < 4.78 is 4.66. The number of hydrogen-bond acceptors (Lipinski definition) is 6. The summed E-state index contributed by atoms with van der Waals surface area (Å²) in [5.41, 5.74) is 10.7. The third kappa shape index (κ3) is 2.49. The molecule has 0 aliphatic heterocycles. The molecule has 72 valence electrons. The molecule has 1 aromatic heterocycles. The molecule has 0 fully saturated rings. The summed E-state index contributed by atoms with van der Waals surface area (Å²) in [6.45, 7) is 0.118. The molecular formula is C6H10N4O3. The average Bonchev–Trinajstić information content (AvgIpc) is 2.50. The van der Waals surface area contributed by atoms with E-state index >= 15 is 0 Å². The smallest absolute Gasteiger partial charge is 0.305 e. The molecule has 0 aliphatic rings. The minimum absolute atomic E-state index is 0.118. The predicted octanol–water partition coefficient (Wildman–Crippen LogP) is -0.997. The van der Waals surface area contributed by atoms with Gasteiger partial charge in [-0.2, -0.15) is 4.98 Å². The average molecular weight is 186 g/mol. The van der Waals surface area contributed by atoms with Crippen LogP contribution in [-0.2, 0) is 11.3 Å². The number of aliphatic carboxylic acids is 1. The van der Waals surface area contributed by atoms with Gasteiger partial charge in [0, 0.05) is 0 Å². The van der Waals surface area contributed by atoms with Gasteiger partial charge in [0.1, 0.15) is 0 Å². The molecule has 7 heteroatoms. The normalized spacial score (nSPS) is 12.8. The number of carboxylic acids is 1. The van der Waals surface area contributed by atoms with E-state index in [9.17, 15) is 4.79 Å². The van der Waals surface area contributed by atoms with Crippen LogP contribution in [0.1, 0.15) is 24.2 Å². The van der Waals surface area contributed by atoms with E-state index in [-0.39, 0.29) is 24.7 Å². The maximum Gasteiger partial charge on any atom is 0.305 e. The quantitative estimate of drug-likeness (QED) is 0.550. The van der Waals surface area contributed by atoms with Crippen LogP contribution in [0.4, 0.5) is 0 Å². The molecule has 0 spiro atoms. The van der Waals surface area contributed by atoms with Crippen molar-refractivity contribution in [3.8, 4) is 0 Å². The van der Waals surface area contributed by atoms with Crippen LogP contribution in [-0.4, -0.2) is 21.2 Å². The maximum atomic E-state index is 10.3. The Kier molecular flexibility index (Phi) is 2.93. The van der Waals surface area contributed by atoms with E-state index in [2.05, 4.69) is 14.7 Å². The zero-order valence-electron chi connectivity index (χ0n) is 6.80. The Balaban J connectivity index is 2.65. The van der Waals surface area contributed by atoms with Crippen molar-refractivity contribution in [1.29, 1.82) is 0 Å². The second-order valence-electron chi connectivity index (χ2n) is 2.45. The largest absolute Gasteiger partial charge is 0.481 e. The molecule has 7 nitrogen and oxygen atoms in total. The highest BCUT2D eigenvalue weighted by atomic mass is 16.5. The maximum absolute atomic E-state index is 10.3. The van der Waals surface area contributed by atoms with Gasteiger partial charge in [0.05, 0.1) is 19.0 Å². The van der Waals surface area contributed by atoms with Crippen molar-refractivity contribution in [1.82, 2.24) is 10.1 Å². The van der Waals surface area contributed by atoms with E-state index < -0.39 is 12.0 Å². The number of carbonyl (C=O) groups is 1. The van der Waals surface area contributed by atoms with Gasteiger partial charge < -0.3 is 21.1 Å². The van der Waals surface area contributed by atoms with Crippen LogP contribution in [0.5, 0.6) is 0 Å². The van der Waals surface area contributed by atoms with Crippen molar-refractivity contribution in [2.75, 3.05) is 0 Å². The number of aromatic nitrogens is 2. The van der Waals surface area contributed by atoms with Crippen LogP contribution in [0.3, 0.4) is 0 Å². The lowest BCUT2D eigenvalue weighted by Gasteiger charge is -2.00. The fourth-order valence-electron chi connectivity index (χ4n) is 0.781. The van der Waals surface area contributed by atoms with Crippen LogP contribution in [0, 0.1) is 0 Å². The van der Waals surface area contributed by atoms with Crippen LogP contribution in [0.15, 0.2) is 4.52 Å². The molecule has 0 amide bonds. The SMILES string of the molecule is NCc1nc([C@@H](N)CC(=O)O)no1. The molecular weight excluding hydrogens is 176 g/mol. The second kappa shape index (κ2) is 3.97. The van der Waals surface area contributed by atoms with Crippen LogP contribution in [0.2, 0.25) is 0 Å². The Morgan fingerprint density at radius 1 is 1.69 bits per heavy atom. The number of carboxylic acid groups (broad SMARTS) is 1. The van der Waals surface area contributed by atoms with E-state index in [4.69, 9.17) is 16.6 Å². The van der Waals surface area contributed by atoms with Gasteiger partial charge in [-0.05, 0) is 0 Å². The van der Waals surface area contributed by atoms with Gasteiger partial charge in [0.2, 0.25) is 5.89 Å². The molecule has 0 saturated carbocycles. The lowest BCUT2D eigenvalue weighted by Crippen LogP contribution is -2.16. The summed E-state index contributed by atoms with van der Waals surface area (Å²) in [5, 5.41) is 11.9. The molecule has 0 saturated heterocycles. The molecule has 0 radical (unpaired) electrons. The van der Waals surface area contributed by atoms with Gasteiger partial charge in [-0.15, -0.1) is 0 Å². The minimum atomic E-state index is -1.01. The van der Waals surface area contributed by atoms with Gasteiger partial charge in [-0.25, -0.2) is 0 Å². The van der Waals surface area contributed by atoms with Crippen LogP contribution >= 0.6 is 0 Å². The standard InChI is InChI=1S/C6H10N4O3/c7-2-4-9-6(10-13-4)3(8)1-5(11)12/h3H,1-2,7-8H2,(H,11,12)/t3-/m0/s1. The van der Waals surface area contributed by atoms with Crippen molar-refractivity contribution in [2.24, 2.45) is 11.5 Å². The second-order valence-corrected chi connectivity index (χ2v) is 2.45. The number of nitrogens with two attached hydrogens (primary N) is 2. The molecule has 1 aromatic rings. The summed E-state index contributed by atoms with van der Waals surface area (Å²) in [5.74, 6) is -0.592. The molecule has 0 unspecified atom stereocenters. The Hall–Kier alpha value is -1.47. The van der Waals surface area contributed by atoms with Gasteiger partial charge in [-0.1, -0.05) is 5.16 Å². The molecule has 0 aliphatic carbocycles. The Morgan fingerprint density at radius 2 is 2.38 bits per heavy atom. The molecule has 0 bridgehead atoms. The van der Waals surface area contributed by atoms with E-state index in [0.717, 1.165) is 0 Å². The highest BCUT2D eigenvalue weighted by Gasteiger charge is 2.16. The number of hydrogen-bond donors (Lipinski definition) is 3. The van der Waals surface area contributed by atoms with Crippen LogP contribution < -0.4 is 11.5 Å². The van der Waals surface area contributed by atoms with Crippen molar-refractivity contribution in [3.05, 3.63) is 11.7 Å². The highest BCUT2D eigenvalue weighted by molar-refractivity contribution is 5.67. The minimum Gasteiger partial charge on any atom is -0.481 e. The van der Waals surface area contributed by atoms with Crippen molar-refractivity contribution in [2.45, 2.75) is 19.0 Å². The lowest BCUT2D eigenvalue weighted by atomic mass is 10.2. The molecule has 1 rings (SSSR count). The third-order valence-corrected chi connectivity index (χ3v) is 1.38. The van der Waals surface area contributed by atoms with Gasteiger partial charge in [-0.3, -0.25) is 4.79 Å². The number of nitrogens with zero attached hydrogens (tertiary/aromatic N) is 2. The molecule has 1 atom stereocenters. The Bertz CT molecular complexity index is 298. The monoisotopic (exact) mass is 186 g/mol. The van der Waals surface area contributed by atoms with E-state index in [1.165, 1.54) is 0 Å². The first-order valence-corrected chi connectivity index (χ1v) is 3.63. The van der Waals surface area contributed by atoms with E-state index in [1.54, 1.807) is 0 Å². The molecule has 13 heavy (non-hydrogen) atoms. The first kappa shape index (κ1) is 9.62. The lowest BCUT2D eigenvalue weighted by molar-refractivity contribution is -0.137. The fourth-order valence-corrected chi connectivity index (χ4v) is 0.781. The summed E-state index contributed by atoms with van der Waals surface area (Å²) in [6, 6.07) is -0.749. The van der Waals surface area contributed by atoms with Crippen molar-refractivity contribution < 1.29 is 14.4 Å². The third-order valence-electron chi connectivity index (χ3n) is 1.38. The highest BCUT2D eigenvalue weighted by Crippen LogP contribution is 2.09. The fraction of sp³-hybridized carbons (Fsp3) is 0.500. The van der Waals surface area contributed by atoms with E-state index in [0.29, 0.717) is 0 Å². The summed E-state index contributed by atoms with van der Waals surface area (Å²) in [6.07, 6.45) is -0.233. The van der Waals surface area contributed by atoms with Crippen LogP contribution in [0.25, 0.3) is 0 Å². The summed E-state index contributed by atoms with van der Waals surface area (Å²) in [4.78, 5) is 14.1. The van der Waals surface area contributed by atoms with E-state index in [1.807, 2.05) is 0 Å². The number of rotatable bonds is 4. The van der Waals surface area contributed by atoms with Gasteiger partial charge >= 0.3 is 5.97 Å². The Labute approximate surface area is 73.7 Å². The zero-order chi connectivity index (χ0) is 9.84. The van der Waals surface area contributed by atoms with Gasteiger partial charge in [0.15, 0.2) is 5.82 Å². The molecule has 1 heterocycles. The molecule has 5 N–H and O–H groups in total. The topological polar surface area (TPSA) is 128 Å². The first-order valence-electron chi connectivity index (χ1n) is 3.63. The van der Waals surface area contributed by atoms with Gasteiger partial charge in [0.25, 0.3) is 0 Å². The summed E-state index contributed by atoms with van der Waals surface area (Å²) in [7, 11) is 0. The van der Waals surface area contributed by atoms with Crippen molar-refractivity contribution in [3.63, 3.8) is 0 Å². The van der Waals surface area contributed by atoms with Crippen molar-refractivity contribution >= 4 is 5.97 Å². The Morgan fingerprint density at radius 3 is 2.85 bits per heavy atom. The first-order chi connectivity index (χ1) is 6.13. The summed E-state index contributed by atoms with van der Waals surface area (Å²) >= 11 is 0. The zero-order valence-corrected chi connectivity index (χ0v) is 6.80. The predicted molar refractivity (Wildman–Crippen MR) is 41.4 cm³/mol.